The molecular weight excluding hydrogens is 156 g/mol. The molecule has 0 bridgehead atoms. The third-order valence-corrected chi connectivity index (χ3v) is 2.00. The lowest BCUT2D eigenvalue weighted by Gasteiger charge is -1.80. The highest BCUT2D eigenvalue weighted by Crippen LogP contribution is 2.10. The quantitative estimate of drug-likeness (QED) is 0.672. The number of hydrogen-bond donors (Lipinski definition) is 0. The maximum atomic E-state index is 8.36. The second-order valence-corrected chi connectivity index (χ2v) is 2.94. The number of hydrogen-bond acceptors (Lipinski definition) is 3. The van der Waals surface area contributed by atoms with E-state index in [0.717, 1.165) is 10.7 Å². The third-order valence-electron chi connectivity index (χ3n) is 1.14. The molecule has 0 saturated heterocycles. The van der Waals surface area contributed by atoms with Crippen LogP contribution in [-0.4, -0.2) is 4.98 Å². The van der Waals surface area contributed by atoms with E-state index in [9.17, 15) is 0 Å². The third kappa shape index (κ3) is 2.17. The van der Waals surface area contributed by atoms with Gasteiger partial charge in [-0.1, -0.05) is 6.08 Å². The zero-order valence-electron chi connectivity index (χ0n) is 6.24. The van der Waals surface area contributed by atoms with E-state index in [1.165, 1.54) is 11.3 Å². The Morgan fingerprint density at radius 1 is 1.82 bits per heavy atom. The van der Waals surface area contributed by atoms with Crippen molar-refractivity contribution in [1.29, 1.82) is 5.26 Å². The van der Waals surface area contributed by atoms with Crippen molar-refractivity contribution in [2.75, 3.05) is 0 Å². The molecule has 1 heterocycles. The molecule has 0 N–H and O–H groups in total. The molecule has 0 aliphatic heterocycles. The summed E-state index contributed by atoms with van der Waals surface area (Å²) in [6, 6.07) is 2.06. The van der Waals surface area contributed by atoms with Gasteiger partial charge < -0.3 is 0 Å². The average Bonchev–Trinajstić information content (AvgIpc) is 2.38. The van der Waals surface area contributed by atoms with Gasteiger partial charge in [-0.25, -0.2) is 4.98 Å². The van der Waals surface area contributed by atoms with Gasteiger partial charge in [0.2, 0.25) is 0 Å². The van der Waals surface area contributed by atoms with Crippen LogP contribution in [0, 0.1) is 11.3 Å². The Morgan fingerprint density at radius 3 is 3.27 bits per heavy atom. The highest BCUT2D eigenvalue weighted by Gasteiger charge is 1.96. The van der Waals surface area contributed by atoms with E-state index in [1.54, 1.807) is 0 Å². The monoisotopic (exact) mass is 164 g/mol. The topological polar surface area (TPSA) is 36.7 Å². The normalized spacial score (nSPS) is 10.2. The van der Waals surface area contributed by atoms with Crippen molar-refractivity contribution in [2.24, 2.45) is 0 Å². The van der Waals surface area contributed by atoms with Crippen molar-refractivity contribution in [2.45, 2.75) is 13.3 Å². The Morgan fingerprint density at radius 2 is 2.64 bits per heavy atom. The minimum absolute atomic E-state index is 0.419. The molecule has 1 aromatic heterocycles. The van der Waals surface area contributed by atoms with Crippen LogP contribution in [0.5, 0.6) is 0 Å². The molecular formula is C8H8N2S. The average molecular weight is 164 g/mol. The highest BCUT2D eigenvalue weighted by molar-refractivity contribution is 7.09. The first kappa shape index (κ1) is 7.96. The fraction of sp³-hybridized carbons (Fsp3) is 0.250. The fourth-order valence-corrected chi connectivity index (χ4v) is 1.42. The van der Waals surface area contributed by atoms with Crippen LogP contribution in [0.15, 0.2) is 11.5 Å². The van der Waals surface area contributed by atoms with Crippen LogP contribution in [-0.2, 0) is 6.42 Å². The first-order valence-electron chi connectivity index (χ1n) is 3.31. The molecule has 1 rings (SSSR count). The van der Waals surface area contributed by atoms with Crippen molar-refractivity contribution in [3.63, 3.8) is 0 Å². The summed E-state index contributed by atoms with van der Waals surface area (Å²) in [4.78, 5) is 4.20. The Kier molecular flexibility index (Phi) is 2.82. The molecule has 0 fully saturated rings. The first-order valence-corrected chi connectivity index (χ1v) is 4.19. The van der Waals surface area contributed by atoms with E-state index in [2.05, 4.69) is 11.1 Å². The standard InChI is InChI=1S/C8H8N2S/c1-2-3-7-6-11-8(10-7)4-5-9/h2-3,6H,4H2,1H3/b3-2-. The maximum absolute atomic E-state index is 8.36. The van der Waals surface area contributed by atoms with Crippen LogP contribution in [0.4, 0.5) is 0 Å². The molecule has 0 aliphatic carbocycles. The number of aromatic nitrogens is 1. The van der Waals surface area contributed by atoms with Gasteiger partial charge in [0.1, 0.15) is 5.01 Å². The molecule has 0 saturated carbocycles. The first-order chi connectivity index (χ1) is 5.36. The van der Waals surface area contributed by atoms with Gasteiger partial charge in [-0.2, -0.15) is 5.26 Å². The minimum Gasteiger partial charge on any atom is -0.241 e. The van der Waals surface area contributed by atoms with Crippen molar-refractivity contribution < 1.29 is 0 Å². The molecule has 56 valence electrons. The minimum atomic E-state index is 0.419. The van der Waals surface area contributed by atoms with Crippen LogP contribution < -0.4 is 0 Å². The number of nitrogens with zero attached hydrogens (tertiary/aromatic N) is 2. The van der Waals surface area contributed by atoms with E-state index < -0.39 is 0 Å². The van der Waals surface area contributed by atoms with Gasteiger partial charge in [0, 0.05) is 5.38 Å². The fourth-order valence-electron chi connectivity index (χ4n) is 0.721. The predicted octanol–water partition coefficient (Wildman–Crippen LogP) is 2.24. The summed E-state index contributed by atoms with van der Waals surface area (Å²) in [6.45, 7) is 1.95. The second-order valence-electron chi connectivity index (χ2n) is 2.00. The summed E-state index contributed by atoms with van der Waals surface area (Å²) in [5, 5.41) is 11.2. The van der Waals surface area contributed by atoms with E-state index in [1.807, 2.05) is 24.5 Å². The number of rotatable bonds is 2. The summed E-state index contributed by atoms with van der Waals surface area (Å²) in [5.74, 6) is 0. The molecule has 1 aromatic rings. The van der Waals surface area contributed by atoms with Gasteiger partial charge in [-0.05, 0) is 13.0 Å². The van der Waals surface area contributed by atoms with E-state index in [0.29, 0.717) is 6.42 Å². The molecule has 0 aromatic carbocycles. The summed E-state index contributed by atoms with van der Waals surface area (Å²) < 4.78 is 0. The van der Waals surface area contributed by atoms with Crippen LogP contribution in [0.3, 0.4) is 0 Å². The Balaban J connectivity index is 2.75. The van der Waals surface area contributed by atoms with Crippen LogP contribution in [0.1, 0.15) is 17.6 Å². The predicted molar refractivity (Wildman–Crippen MR) is 46.1 cm³/mol. The number of nitriles is 1. The van der Waals surface area contributed by atoms with Gasteiger partial charge in [-0.15, -0.1) is 11.3 Å². The van der Waals surface area contributed by atoms with Crippen LogP contribution >= 0.6 is 11.3 Å². The zero-order chi connectivity index (χ0) is 8.10. The Bertz CT molecular complexity index is 293. The molecule has 3 heteroatoms. The molecule has 0 amide bonds. The SMILES string of the molecule is C/C=C\c1csc(CC#N)n1. The van der Waals surface area contributed by atoms with E-state index in [-0.39, 0.29) is 0 Å². The number of thiazole rings is 1. The van der Waals surface area contributed by atoms with E-state index in [4.69, 9.17) is 5.26 Å². The summed E-state index contributed by atoms with van der Waals surface area (Å²) in [7, 11) is 0. The maximum Gasteiger partial charge on any atom is 0.107 e. The Labute approximate surface area is 69.8 Å². The van der Waals surface area contributed by atoms with Crippen molar-refractivity contribution >= 4 is 17.4 Å². The lowest BCUT2D eigenvalue weighted by molar-refractivity contribution is 1.18. The summed E-state index contributed by atoms with van der Waals surface area (Å²) in [5.41, 5.74) is 0.947. The zero-order valence-corrected chi connectivity index (χ0v) is 7.06. The molecule has 0 radical (unpaired) electrons. The van der Waals surface area contributed by atoms with Gasteiger partial charge in [0.05, 0.1) is 18.2 Å². The number of allylic oxidation sites excluding steroid dienone is 1. The molecule has 0 spiro atoms. The van der Waals surface area contributed by atoms with Gasteiger partial charge in [-0.3, -0.25) is 0 Å². The van der Waals surface area contributed by atoms with Crippen molar-refractivity contribution in [1.82, 2.24) is 4.98 Å². The largest absolute Gasteiger partial charge is 0.241 e. The van der Waals surface area contributed by atoms with Gasteiger partial charge in [0.25, 0.3) is 0 Å². The molecule has 0 aliphatic rings. The van der Waals surface area contributed by atoms with E-state index >= 15 is 0 Å². The molecule has 11 heavy (non-hydrogen) atoms. The van der Waals surface area contributed by atoms with Crippen LogP contribution in [0.2, 0.25) is 0 Å². The smallest absolute Gasteiger partial charge is 0.107 e. The molecule has 2 nitrogen and oxygen atoms in total. The Hall–Kier alpha value is -1.14. The second kappa shape index (κ2) is 3.89. The molecule has 0 atom stereocenters. The highest BCUT2D eigenvalue weighted by atomic mass is 32.1. The lowest BCUT2D eigenvalue weighted by atomic mass is 10.4. The van der Waals surface area contributed by atoms with Gasteiger partial charge >= 0.3 is 0 Å². The summed E-state index contributed by atoms with van der Waals surface area (Å²) >= 11 is 1.53. The van der Waals surface area contributed by atoms with Crippen molar-refractivity contribution in [3.8, 4) is 6.07 Å². The summed E-state index contributed by atoms with van der Waals surface area (Å²) in [6.07, 6.45) is 4.28. The van der Waals surface area contributed by atoms with Crippen LogP contribution in [0.25, 0.3) is 6.08 Å². The van der Waals surface area contributed by atoms with Crippen molar-refractivity contribution in [3.05, 3.63) is 22.2 Å². The van der Waals surface area contributed by atoms with Gasteiger partial charge in [0.15, 0.2) is 0 Å². The lowest BCUT2D eigenvalue weighted by Crippen LogP contribution is -1.78. The molecule has 0 unspecified atom stereocenters.